The minimum absolute atomic E-state index is 0.0938. The third kappa shape index (κ3) is 8.08. The summed E-state index contributed by atoms with van der Waals surface area (Å²) in [4.78, 5) is 0. The van der Waals surface area contributed by atoms with Crippen molar-refractivity contribution in [2.45, 2.75) is 142 Å². The van der Waals surface area contributed by atoms with Crippen LogP contribution in [-0.4, -0.2) is 33.6 Å². The van der Waals surface area contributed by atoms with Gasteiger partial charge in [0.1, 0.15) is 11.5 Å². The zero-order chi connectivity index (χ0) is 30.2. The van der Waals surface area contributed by atoms with E-state index in [4.69, 9.17) is 0 Å². The second-order valence-electron chi connectivity index (χ2n) is 13.9. The van der Waals surface area contributed by atoms with Gasteiger partial charge in [0, 0.05) is 41.4 Å². The van der Waals surface area contributed by atoms with Crippen LogP contribution in [0.1, 0.15) is 151 Å². The third-order valence-electron chi connectivity index (χ3n) is 10.2. The highest BCUT2D eigenvalue weighted by molar-refractivity contribution is 5.57. The number of phenolic OH excluding ortho intramolecular Hbond substituents is 2. The third-order valence-corrected chi connectivity index (χ3v) is 10.2. The molecule has 0 spiro atoms. The largest absolute Gasteiger partial charge is 0.507 e. The first-order chi connectivity index (χ1) is 19.5. The van der Waals surface area contributed by atoms with E-state index < -0.39 is 0 Å². The van der Waals surface area contributed by atoms with Gasteiger partial charge in [-0.3, -0.25) is 0 Å². The van der Waals surface area contributed by atoms with Crippen molar-refractivity contribution in [2.24, 2.45) is 5.92 Å². The van der Waals surface area contributed by atoms with Crippen molar-refractivity contribution in [3.8, 4) is 11.5 Å². The first kappa shape index (κ1) is 33.5. The van der Waals surface area contributed by atoms with Gasteiger partial charge in [-0.1, -0.05) is 85.1 Å². The Kier molecular flexibility index (Phi) is 12.2. The van der Waals surface area contributed by atoms with Crippen LogP contribution in [0.15, 0.2) is 24.3 Å². The van der Waals surface area contributed by atoms with Gasteiger partial charge in [0.25, 0.3) is 0 Å². The molecule has 4 nitrogen and oxygen atoms in total. The molecule has 0 atom stereocenters. The summed E-state index contributed by atoms with van der Waals surface area (Å²) < 4.78 is 0. The van der Waals surface area contributed by atoms with Crippen LogP contribution in [0.5, 0.6) is 11.5 Å². The van der Waals surface area contributed by atoms with E-state index in [1.807, 2.05) is 0 Å². The van der Waals surface area contributed by atoms with E-state index in [1.165, 1.54) is 30.4 Å². The first-order valence-electron chi connectivity index (χ1n) is 16.4. The minimum atomic E-state index is -0.188. The van der Waals surface area contributed by atoms with E-state index in [9.17, 15) is 20.4 Å². The smallest absolute Gasteiger partial charge is 0.123 e. The van der Waals surface area contributed by atoms with Gasteiger partial charge >= 0.3 is 0 Å². The van der Waals surface area contributed by atoms with Crippen molar-refractivity contribution in [3.63, 3.8) is 0 Å². The lowest BCUT2D eigenvalue weighted by Gasteiger charge is -2.36. The lowest BCUT2D eigenvalue weighted by atomic mass is 9.69. The summed E-state index contributed by atoms with van der Waals surface area (Å²) in [5.74, 6) is 1.03. The maximum atomic E-state index is 12.1. The number of hydrogen-bond acceptors (Lipinski definition) is 4. The van der Waals surface area contributed by atoms with E-state index in [1.54, 1.807) is 0 Å². The zero-order valence-corrected chi connectivity index (χ0v) is 26.9. The fourth-order valence-electron chi connectivity index (χ4n) is 6.64. The number of unbranched alkanes of at least 4 members (excludes halogenated alkanes) is 2. The van der Waals surface area contributed by atoms with Crippen LogP contribution in [0.2, 0.25) is 0 Å². The van der Waals surface area contributed by atoms with Crippen LogP contribution in [0.25, 0.3) is 0 Å². The second-order valence-corrected chi connectivity index (χ2v) is 13.9. The molecule has 0 amide bonds. The van der Waals surface area contributed by atoms with Crippen molar-refractivity contribution in [3.05, 3.63) is 57.6 Å². The molecular weight excluding hydrogens is 508 g/mol. The molecule has 4 N–H and O–H groups in total. The number of aliphatic hydroxyl groups excluding tert-OH is 2. The highest BCUT2D eigenvalue weighted by atomic mass is 16.3. The molecule has 0 heterocycles. The van der Waals surface area contributed by atoms with Gasteiger partial charge in [-0.15, -0.1) is 0 Å². The summed E-state index contributed by atoms with van der Waals surface area (Å²) in [5.41, 5.74) is 5.93. The van der Waals surface area contributed by atoms with Crippen LogP contribution < -0.4 is 0 Å². The predicted octanol–water partition coefficient (Wildman–Crippen LogP) is 8.82. The maximum Gasteiger partial charge on any atom is 0.123 e. The van der Waals surface area contributed by atoms with Gasteiger partial charge in [-0.25, -0.2) is 0 Å². The Morgan fingerprint density at radius 1 is 0.659 bits per heavy atom. The van der Waals surface area contributed by atoms with Crippen LogP contribution in [0.4, 0.5) is 0 Å². The number of hydrogen-bond donors (Lipinski definition) is 4. The van der Waals surface area contributed by atoms with Crippen LogP contribution in [0.3, 0.4) is 0 Å². The Hall–Kier alpha value is -2.04. The zero-order valence-electron chi connectivity index (χ0n) is 26.9. The fourth-order valence-corrected chi connectivity index (χ4v) is 6.64. The molecule has 0 saturated heterocycles. The van der Waals surface area contributed by atoms with Crippen molar-refractivity contribution in [1.82, 2.24) is 0 Å². The van der Waals surface area contributed by atoms with Crippen molar-refractivity contribution in [1.29, 1.82) is 0 Å². The van der Waals surface area contributed by atoms with E-state index in [0.717, 1.165) is 86.5 Å². The molecule has 2 aromatic rings. The van der Waals surface area contributed by atoms with E-state index >= 15 is 0 Å². The number of rotatable bonds is 15. The number of benzene rings is 2. The summed E-state index contributed by atoms with van der Waals surface area (Å²) in [6.07, 6.45) is 12.7. The highest BCUT2D eigenvalue weighted by Gasteiger charge is 2.36. The molecule has 1 aliphatic rings. The van der Waals surface area contributed by atoms with Gasteiger partial charge in [-0.2, -0.15) is 0 Å². The Balaban J connectivity index is 2.32. The first-order valence-corrected chi connectivity index (χ1v) is 16.4. The summed E-state index contributed by atoms with van der Waals surface area (Å²) in [6, 6.07) is 8.80. The van der Waals surface area contributed by atoms with E-state index in [-0.39, 0.29) is 30.0 Å². The quantitative estimate of drug-likeness (QED) is 0.162. The topological polar surface area (TPSA) is 80.9 Å². The number of aryl methyl sites for hydroxylation is 2. The summed E-state index contributed by atoms with van der Waals surface area (Å²) in [5, 5.41) is 43.0. The Morgan fingerprint density at radius 3 is 1.44 bits per heavy atom. The van der Waals surface area contributed by atoms with Crippen LogP contribution in [-0.2, 0) is 23.7 Å². The molecule has 3 rings (SSSR count). The molecule has 0 bridgehead atoms. The van der Waals surface area contributed by atoms with Crippen LogP contribution >= 0.6 is 0 Å². The highest BCUT2D eigenvalue weighted by Crippen LogP contribution is 2.51. The second kappa shape index (κ2) is 14.9. The molecule has 4 heteroatoms. The summed E-state index contributed by atoms with van der Waals surface area (Å²) in [7, 11) is 0. The molecule has 0 aliphatic heterocycles. The van der Waals surface area contributed by atoms with E-state index in [0.29, 0.717) is 17.4 Å². The van der Waals surface area contributed by atoms with Gasteiger partial charge in [0.15, 0.2) is 0 Å². The lowest BCUT2D eigenvalue weighted by Crippen LogP contribution is -2.23. The molecule has 0 radical (unpaired) electrons. The molecule has 0 aromatic heterocycles. The van der Waals surface area contributed by atoms with Gasteiger partial charge in [-0.05, 0) is 92.1 Å². The molecule has 1 fully saturated rings. The average molecular weight is 567 g/mol. The van der Waals surface area contributed by atoms with Crippen molar-refractivity contribution < 1.29 is 20.4 Å². The minimum Gasteiger partial charge on any atom is -0.507 e. The van der Waals surface area contributed by atoms with E-state index in [2.05, 4.69) is 65.8 Å². The number of phenols is 2. The monoisotopic (exact) mass is 566 g/mol. The Morgan fingerprint density at radius 2 is 1.07 bits per heavy atom. The lowest BCUT2D eigenvalue weighted by molar-refractivity contribution is 0.284. The Bertz CT molecular complexity index is 1030. The average Bonchev–Trinajstić information content (AvgIpc) is 2.96. The summed E-state index contributed by atoms with van der Waals surface area (Å²) in [6.45, 7) is 13.6. The predicted molar refractivity (Wildman–Crippen MR) is 171 cm³/mol. The Labute approximate surface area is 250 Å². The molecule has 2 aromatic carbocycles. The fraction of sp³-hybridized carbons (Fsp3) is 0.676. The van der Waals surface area contributed by atoms with Gasteiger partial charge in [0.05, 0.1) is 0 Å². The summed E-state index contributed by atoms with van der Waals surface area (Å²) >= 11 is 0. The number of aromatic hydroxyl groups is 2. The van der Waals surface area contributed by atoms with Crippen molar-refractivity contribution in [2.75, 3.05) is 13.2 Å². The molecule has 1 aliphatic carbocycles. The molecule has 1 saturated carbocycles. The number of aliphatic hydroxyl groups is 2. The van der Waals surface area contributed by atoms with Crippen LogP contribution in [0, 0.1) is 5.92 Å². The molecular formula is C37H58O4. The maximum absolute atomic E-state index is 12.1. The molecule has 41 heavy (non-hydrogen) atoms. The standard InChI is InChI=1S/C37H58O4/c1-7-36(3,4)31-24-26(16-12-14-20-38)22-29(34(31)40)33(28-18-10-9-11-19-28)30-23-27(17-13-15-21-39)25-32(35(30)41)37(5,6)8-2/h22-25,28,33,38-41H,7-21H2,1-6H3. The SMILES string of the molecule is CCC(C)(C)c1cc(CCCCO)cc(C(c2cc(CCCCO)cc(C(C)(C)CC)c2O)C2CCCCC2)c1O. The van der Waals surface area contributed by atoms with Gasteiger partial charge in [0.2, 0.25) is 0 Å². The molecule has 230 valence electrons. The van der Waals surface area contributed by atoms with Crippen molar-refractivity contribution >= 4 is 0 Å². The van der Waals surface area contributed by atoms with Gasteiger partial charge < -0.3 is 20.4 Å². The normalized spacial score (nSPS) is 15.1. The molecule has 0 unspecified atom stereocenters.